The molecule has 0 aliphatic carbocycles. The van der Waals surface area contributed by atoms with E-state index in [4.69, 9.17) is 52.0 Å². The lowest BCUT2D eigenvalue weighted by Gasteiger charge is -2.18. The summed E-state index contributed by atoms with van der Waals surface area (Å²) in [7, 11) is 0. The number of aliphatic carboxylic acids is 1. The average Bonchev–Trinajstić information content (AvgIpc) is 3.73. The molecule has 0 aromatic heterocycles. The summed E-state index contributed by atoms with van der Waals surface area (Å²) in [5.74, 6) is -9.26. The summed E-state index contributed by atoms with van der Waals surface area (Å²) >= 11 is 12.5. The van der Waals surface area contributed by atoms with E-state index in [1.807, 2.05) is 0 Å². The third kappa shape index (κ3) is 12.7. The van der Waals surface area contributed by atoms with Gasteiger partial charge in [-0.1, -0.05) is 83.9 Å². The van der Waals surface area contributed by atoms with Crippen LogP contribution >= 0.6 is 23.2 Å². The van der Waals surface area contributed by atoms with Crippen molar-refractivity contribution in [2.45, 2.75) is 44.5 Å². The van der Waals surface area contributed by atoms with Gasteiger partial charge in [-0.3, -0.25) is 28.8 Å². The molecule has 14 nitrogen and oxygen atoms in total. The highest BCUT2D eigenvalue weighted by atomic mass is 35.5. The molecule has 0 radical (unpaired) electrons. The summed E-state index contributed by atoms with van der Waals surface area (Å²) in [6.07, 6.45) is -20.0. The van der Waals surface area contributed by atoms with Gasteiger partial charge in [0.15, 0.2) is 26.4 Å². The molecule has 0 atom stereocenters. The first-order valence-corrected chi connectivity index (χ1v) is 22.8. The van der Waals surface area contributed by atoms with Crippen LogP contribution in [0.2, 0.25) is 10.0 Å². The first-order valence-electron chi connectivity index (χ1n) is 22.1. The summed E-state index contributed by atoms with van der Waals surface area (Å²) in [4.78, 5) is 77.9. The minimum Gasteiger partial charge on any atom is -0.483 e. The number of carbonyl (C=O) groups excluding carboxylic acids is 5. The number of rotatable bonds is 15. The molecule has 8 rings (SSSR count). The fourth-order valence-electron chi connectivity index (χ4n) is 8.09. The number of carboxylic acids is 1. The Morgan fingerprint density at radius 1 is 0.474 bits per heavy atom. The number of carboxylic acid groups (broad SMARTS) is 1. The predicted molar refractivity (Wildman–Crippen MR) is 251 cm³/mol. The number of halogens is 14. The second-order valence-electron chi connectivity index (χ2n) is 16.5. The smallest absolute Gasteiger partial charge is 0.422 e. The van der Waals surface area contributed by atoms with E-state index < -0.39 is 138 Å². The minimum atomic E-state index is -4.85. The molecule has 0 spiro atoms. The van der Waals surface area contributed by atoms with Crippen molar-refractivity contribution in [2.24, 2.45) is 0 Å². The van der Waals surface area contributed by atoms with Gasteiger partial charge in [0, 0.05) is 21.5 Å². The molecular weight excluding hydrogens is 1120 g/mol. The van der Waals surface area contributed by atoms with Crippen LogP contribution in [0.5, 0.6) is 23.0 Å². The van der Waals surface area contributed by atoms with Gasteiger partial charge < -0.3 is 28.8 Å². The van der Waals surface area contributed by atoms with Gasteiger partial charge in [0.1, 0.15) is 23.0 Å². The standard InChI is InChI=1S/C26H18ClF6NO6.C24H14ClF6NO6/c1-2-38-18(35)10-13-7-8-17(16(27)9-13)34-23(36)19-20(24(34)37)22(40-12-26(31,32)33)15-6-4-3-5-14(15)21(19)39-11-25(28,29)30;25-14-7-11(8-16(33)34)5-6-15(14)32-21(35)17-18(22(32)36)20(38-10-24(29,30)31)13-4-2-1-3-12(13)19(17)37-9-23(26,27)28/h3-9H,2,10-12H2,1H3;1-7H,8-10H2,(H,33,34). The van der Waals surface area contributed by atoms with Crippen molar-refractivity contribution in [2.75, 3.05) is 42.8 Å². The zero-order chi connectivity index (χ0) is 57.4. The van der Waals surface area contributed by atoms with E-state index in [0.29, 0.717) is 15.4 Å². The first kappa shape index (κ1) is 57.7. The fourth-order valence-corrected chi connectivity index (χ4v) is 8.66. The number of alkyl halides is 12. The number of fused-ring (bicyclic) bond motifs is 4. The van der Waals surface area contributed by atoms with Crippen LogP contribution in [-0.2, 0) is 27.2 Å². The molecule has 28 heteroatoms. The largest absolute Gasteiger partial charge is 0.483 e. The zero-order valence-electron chi connectivity index (χ0n) is 39.2. The average molecular weight is 1150 g/mol. The number of anilines is 2. The van der Waals surface area contributed by atoms with Gasteiger partial charge in [-0.15, -0.1) is 0 Å². The normalized spacial score (nSPS) is 13.6. The van der Waals surface area contributed by atoms with Crippen LogP contribution in [0.25, 0.3) is 21.5 Å². The number of benzene rings is 6. The van der Waals surface area contributed by atoms with E-state index in [-0.39, 0.29) is 61.6 Å². The van der Waals surface area contributed by atoms with Gasteiger partial charge in [-0.05, 0) is 42.3 Å². The number of carbonyl (C=O) groups is 6. The van der Waals surface area contributed by atoms with E-state index in [0.717, 1.165) is 12.1 Å². The monoisotopic (exact) mass is 1150 g/mol. The number of nitrogens with zero attached hydrogens (tertiary/aromatic N) is 2. The highest BCUT2D eigenvalue weighted by Gasteiger charge is 2.48. The fraction of sp³-hybridized carbons (Fsp3) is 0.240. The van der Waals surface area contributed by atoms with Gasteiger partial charge >= 0.3 is 36.6 Å². The Morgan fingerprint density at radius 2 is 0.756 bits per heavy atom. The van der Waals surface area contributed by atoms with Crippen molar-refractivity contribution in [3.63, 3.8) is 0 Å². The van der Waals surface area contributed by atoms with Crippen LogP contribution in [0.1, 0.15) is 59.5 Å². The van der Waals surface area contributed by atoms with Gasteiger partial charge in [0.25, 0.3) is 23.6 Å². The summed E-state index contributed by atoms with van der Waals surface area (Å²) in [6, 6.07) is 17.7. The highest BCUT2D eigenvalue weighted by molar-refractivity contribution is 6.43. The molecule has 4 amide bonds. The number of hydrogen-bond donors (Lipinski definition) is 1. The summed E-state index contributed by atoms with van der Waals surface area (Å²) in [6.45, 7) is -5.69. The third-order valence-electron chi connectivity index (χ3n) is 10.9. The molecule has 0 fully saturated rings. The van der Waals surface area contributed by atoms with E-state index in [2.05, 4.69) is 0 Å². The summed E-state index contributed by atoms with van der Waals surface area (Å²) in [5.41, 5.74) is -2.84. The van der Waals surface area contributed by atoms with Crippen molar-refractivity contribution in [3.8, 4) is 23.0 Å². The lowest BCUT2D eigenvalue weighted by Crippen LogP contribution is -2.30. The quantitative estimate of drug-likeness (QED) is 0.0586. The zero-order valence-corrected chi connectivity index (χ0v) is 40.7. The second kappa shape index (κ2) is 22.2. The molecule has 1 N–H and O–H groups in total. The maximum atomic E-state index is 13.6. The summed E-state index contributed by atoms with van der Waals surface area (Å²) in [5, 5.41) is 7.75. The predicted octanol–water partition coefficient (Wildman–Crippen LogP) is 12.1. The number of imide groups is 2. The Labute approximate surface area is 439 Å². The SMILES string of the molecule is CCOC(=O)Cc1ccc(N2C(=O)c3c(c(OCC(F)(F)F)c4ccccc4c3OCC(F)(F)F)C2=O)c(Cl)c1.O=C(O)Cc1ccc(N2C(=O)c3c(c(OCC(F)(F)F)c4ccccc4c3OCC(F)(F)F)C2=O)c(Cl)c1. The Balaban J connectivity index is 0.000000226. The lowest BCUT2D eigenvalue weighted by molar-refractivity contribution is -0.154. The molecular formula is C50H32Cl2F12N2O12. The van der Waals surface area contributed by atoms with E-state index >= 15 is 0 Å². The molecule has 0 saturated heterocycles. The number of esters is 1. The molecule has 2 heterocycles. The topological polar surface area (TPSA) is 175 Å². The van der Waals surface area contributed by atoms with Crippen molar-refractivity contribution in [1.82, 2.24) is 0 Å². The van der Waals surface area contributed by atoms with Gasteiger partial charge in [0.05, 0.1) is 63.1 Å². The van der Waals surface area contributed by atoms with Gasteiger partial charge in [-0.2, -0.15) is 52.7 Å². The second-order valence-corrected chi connectivity index (χ2v) is 17.4. The summed E-state index contributed by atoms with van der Waals surface area (Å²) < 4.78 is 181. The molecule has 412 valence electrons. The van der Waals surface area contributed by atoms with Crippen LogP contribution in [-0.4, -0.2) is 98.4 Å². The number of hydrogen-bond acceptors (Lipinski definition) is 11. The van der Waals surface area contributed by atoms with Crippen LogP contribution in [0, 0.1) is 0 Å². The van der Waals surface area contributed by atoms with E-state index in [9.17, 15) is 81.5 Å². The minimum absolute atomic E-state index is 0.130. The Bertz CT molecular complexity index is 3270. The highest BCUT2D eigenvalue weighted by Crippen LogP contribution is 2.50. The molecule has 2 aliphatic rings. The Hall–Kier alpha value is -8.00. The van der Waals surface area contributed by atoms with Crippen molar-refractivity contribution >= 4 is 91.7 Å². The van der Waals surface area contributed by atoms with Crippen LogP contribution in [0.15, 0.2) is 84.9 Å². The molecule has 0 bridgehead atoms. The molecule has 6 aromatic carbocycles. The molecule has 0 saturated carbocycles. The molecule has 6 aromatic rings. The van der Waals surface area contributed by atoms with Crippen LogP contribution in [0.4, 0.5) is 64.1 Å². The maximum absolute atomic E-state index is 13.6. The van der Waals surface area contributed by atoms with E-state index in [1.165, 1.54) is 72.8 Å². The lowest BCUT2D eigenvalue weighted by atomic mass is 9.99. The third-order valence-corrected chi connectivity index (χ3v) is 11.5. The maximum Gasteiger partial charge on any atom is 0.422 e. The number of amides is 4. The molecule has 78 heavy (non-hydrogen) atoms. The first-order chi connectivity index (χ1) is 36.4. The van der Waals surface area contributed by atoms with Gasteiger partial charge in [-0.25, -0.2) is 9.80 Å². The molecule has 2 aliphatic heterocycles. The Kier molecular flexibility index (Phi) is 16.4. The van der Waals surface area contributed by atoms with Crippen LogP contribution < -0.4 is 28.7 Å². The Morgan fingerprint density at radius 3 is 1.00 bits per heavy atom. The van der Waals surface area contributed by atoms with Gasteiger partial charge in [0.2, 0.25) is 0 Å². The van der Waals surface area contributed by atoms with Crippen molar-refractivity contribution < 1.29 is 110 Å². The molecule has 0 unspecified atom stereocenters. The van der Waals surface area contributed by atoms with Crippen LogP contribution in [0.3, 0.4) is 0 Å². The van der Waals surface area contributed by atoms with Crippen molar-refractivity contribution in [1.29, 1.82) is 0 Å². The number of ether oxygens (including phenoxy) is 5. The van der Waals surface area contributed by atoms with Crippen molar-refractivity contribution in [3.05, 3.63) is 128 Å². The van der Waals surface area contributed by atoms with E-state index in [1.54, 1.807) is 6.92 Å².